The number of amides is 2. The molecule has 2 aromatic rings. The number of benzene rings is 1. The molecule has 8 nitrogen and oxygen atoms in total. The van der Waals surface area contributed by atoms with Crippen molar-refractivity contribution < 1.29 is 9.59 Å². The van der Waals surface area contributed by atoms with Crippen molar-refractivity contribution in [1.29, 1.82) is 0 Å². The second-order valence-corrected chi connectivity index (χ2v) is 6.48. The molecule has 2 amide bonds. The van der Waals surface area contributed by atoms with Gasteiger partial charge in [-0.3, -0.25) is 9.59 Å². The van der Waals surface area contributed by atoms with Crippen LogP contribution in [0.2, 0.25) is 0 Å². The van der Waals surface area contributed by atoms with Crippen molar-refractivity contribution in [2.45, 2.75) is 19.9 Å². The standard InChI is InChI=1S/C19H24N6O2/c1-12-9-17(23-13(2)22-12)24-15-6-4-5-14(10-15)19(27)25-8-7-21-11-16(25)18(26)20-3/h4-6,9-10,16,21H,7-8,11H2,1-3H3,(H,20,26)(H,22,23,24)/t16-/m0/s1. The van der Waals surface area contributed by atoms with Gasteiger partial charge in [0, 0.05) is 49.7 Å². The Balaban J connectivity index is 1.81. The first kappa shape index (κ1) is 18.8. The molecule has 1 saturated heterocycles. The van der Waals surface area contributed by atoms with Gasteiger partial charge in [-0.1, -0.05) is 6.07 Å². The van der Waals surface area contributed by atoms with Gasteiger partial charge in [0.05, 0.1) is 0 Å². The largest absolute Gasteiger partial charge is 0.357 e. The summed E-state index contributed by atoms with van der Waals surface area (Å²) in [5.74, 6) is 1.02. The number of rotatable bonds is 4. The van der Waals surface area contributed by atoms with Crippen LogP contribution in [0.5, 0.6) is 0 Å². The lowest BCUT2D eigenvalue weighted by Crippen LogP contribution is -2.59. The molecule has 1 aromatic carbocycles. The second-order valence-electron chi connectivity index (χ2n) is 6.48. The Morgan fingerprint density at radius 3 is 2.78 bits per heavy atom. The van der Waals surface area contributed by atoms with Crippen molar-refractivity contribution in [2.24, 2.45) is 0 Å². The highest BCUT2D eigenvalue weighted by atomic mass is 16.2. The minimum atomic E-state index is -0.514. The van der Waals surface area contributed by atoms with Gasteiger partial charge in [-0.05, 0) is 32.0 Å². The van der Waals surface area contributed by atoms with Crippen LogP contribution >= 0.6 is 0 Å². The van der Waals surface area contributed by atoms with Crippen LogP contribution in [0.25, 0.3) is 0 Å². The molecule has 1 aliphatic heterocycles. The SMILES string of the molecule is CNC(=O)[C@@H]1CNCCN1C(=O)c1cccc(Nc2cc(C)nc(C)n2)c1. The summed E-state index contributed by atoms with van der Waals surface area (Å²) in [4.78, 5) is 35.4. The van der Waals surface area contributed by atoms with Gasteiger partial charge in [-0.2, -0.15) is 0 Å². The third-order valence-electron chi connectivity index (χ3n) is 4.40. The lowest BCUT2D eigenvalue weighted by molar-refractivity contribution is -0.125. The fraction of sp³-hybridized carbons (Fsp3) is 0.368. The van der Waals surface area contributed by atoms with Crippen molar-refractivity contribution in [2.75, 3.05) is 32.0 Å². The minimum absolute atomic E-state index is 0.163. The summed E-state index contributed by atoms with van der Waals surface area (Å²) in [7, 11) is 1.58. The average Bonchev–Trinajstić information content (AvgIpc) is 2.66. The maximum Gasteiger partial charge on any atom is 0.254 e. The maximum atomic E-state index is 13.0. The molecule has 27 heavy (non-hydrogen) atoms. The third-order valence-corrected chi connectivity index (χ3v) is 4.40. The molecule has 2 heterocycles. The van der Waals surface area contributed by atoms with E-state index < -0.39 is 6.04 Å². The molecule has 1 aliphatic rings. The smallest absolute Gasteiger partial charge is 0.254 e. The highest BCUT2D eigenvalue weighted by molar-refractivity contribution is 5.98. The molecular formula is C19H24N6O2. The Bertz CT molecular complexity index is 834. The van der Waals surface area contributed by atoms with Crippen molar-refractivity contribution in [3.63, 3.8) is 0 Å². The van der Waals surface area contributed by atoms with E-state index >= 15 is 0 Å². The summed E-state index contributed by atoms with van der Waals surface area (Å²) in [6.45, 7) is 5.34. The Labute approximate surface area is 158 Å². The van der Waals surface area contributed by atoms with E-state index in [0.717, 1.165) is 11.4 Å². The molecule has 3 N–H and O–H groups in total. The number of carbonyl (C=O) groups is 2. The normalized spacial score (nSPS) is 16.7. The van der Waals surface area contributed by atoms with Crippen molar-refractivity contribution in [1.82, 2.24) is 25.5 Å². The predicted octanol–water partition coefficient (Wildman–Crippen LogP) is 0.997. The van der Waals surface area contributed by atoms with Crippen LogP contribution in [0.1, 0.15) is 21.9 Å². The van der Waals surface area contributed by atoms with E-state index in [1.165, 1.54) is 0 Å². The topological polar surface area (TPSA) is 99.2 Å². The number of hydrogen-bond acceptors (Lipinski definition) is 6. The lowest BCUT2D eigenvalue weighted by Gasteiger charge is -2.35. The van der Waals surface area contributed by atoms with E-state index in [9.17, 15) is 9.59 Å². The number of aromatic nitrogens is 2. The van der Waals surface area contributed by atoms with Crippen LogP contribution in [0.4, 0.5) is 11.5 Å². The summed E-state index contributed by atoms with van der Waals surface area (Å²) >= 11 is 0. The number of likely N-dealkylation sites (N-methyl/N-ethyl adjacent to an activating group) is 1. The van der Waals surface area contributed by atoms with Crippen molar-refractivity contribution in [3.8, 4) is 0 Å². The summed E-state index contributed by atoms with van der Waals surface area (Å²) in [5.41, 5.74) is 2.15. The van der Waals surface area contributed by atoms with E-state index in [1.54, 1.807) is 24.1 Å². The first-order valence-electron chi connectivity index (χ1n) is 8.90. The van der Waals surface area contributed by atoms with Crippen molar-refractivity contribution >= 4 is 23.3 Å². The second kappa shape index (κ2) is 8.13. The van der Waals surface area contributed by atoms with Crippen LogP contribution in [0, 0.1) is 13.8 Å². The molecule has 1 aromatic heterocycles. The Kier molecular flexibility index (Phi) is 5.66. The molecule has 0 radical (unpaired) electrons. The molecule has 3 rings (SSSR count). The Morgan fingerprint density at radius 2 is 2.04 bits per heavy atom. The first-order valence-corrected chi connectivity index (χ1v) is 8.90. The highest BCUT2D eigenvalue weighted by Gasteiger charge is 2.32. The van der Waals surface area contributed by atoms with E-state index in [0.29, 0.717) is 36.8 Å². The Hall–Kier alpha value is -3.00. The molecule has 0 aliphatic carbocycles. The minimum Gasteiger partial charge on any atom is -0.357 e. The Morgan fingerprint density at radius 1 is 1.22 bits per heavy atom. The average molecular weight is 368 g/mol. The number of piperazine rings is 1. The molecule has 1 fully saturated rings. The number of anilines is 2. The van der Waals surface area contributed by atoms with Gasteiger partial charge in [-0.15, -0.1) is 0 Å². The fourth-order valence-corrected chi connectivity index (χ4v) is 3.17. The number of carbonyl (C=O) groups excluding carboxylic acids is 2. The lowest BCUT2D eigenvalue weighted by atomic mass is 10.1. The monoisotopic (exact) mass is 368 g/mol. The summed E-state index contributed by atoms with van der Waals surface area (Å²) in [6, 6.07) is 8.55. The number of aryl methyl sites for hydroxylation is 2. The van der Waals surface area contributed by atoms with Crippen LogP contribution in [0.3, 0.4) is 0 Å². The third kappa shape index (κ3) is 4.40. The van der Waals surface area contributed by atoms with Crippen LogP contribution in [-0.2, 0) is 4.79 Å². The molecule has 0 saturated carbocycles. The van der Waals surface area contributed by atoms with Gasteiger partial charge in [0.2, 0.25) is 5.91 Å². The van der Waals surface area contributed by atoms with Gasteiger partial charge in [-0.25, -0.2) is 9.97 Å². The fourth-order valence-electron chi connectivity index (χ4n) is 3.17. The maximum absolute atomic E-state index is 13.0. The van der Waals surface area contributed by atoms with E-state index in [1.807, 2.05) is 32.0 Å². The molecular weight excluding hydrogens is 344 g/mol. The molecule has 0 bridgehead atoms. The zero-order chi connectivity index (χ0) is 19.4. The zero-order valence-corrected chi connectivity index (χ0v) is 15.7. The number of nitrogens with one attached hydrogen (secondary N) is 3. The molecule has 8 heteroatoms. The van der Waals surface area contributed by atoms with Gasteiger partial charge < -0.3 is 20.9 Å². The van der Waals surface area contributed by atoms with Gasteiger partial charge >= 0.3 is 0 Å². The summed E-state index contributed by atoms with van der Waals surface area (Å²) < 4.78 is 0. The first-order chi connectivity index (χ1) is 13.0. The van der Waals surface area contributed by atoms with E-state index in [-0.39, 0.29) is 11.8 Å². The van der Waals surface area contributed by atoms with Crippen LogP contribution in [0.15, 0.2) is 30.3 Å². The highest BCUT2D eigenvalue weighted by Crippen LogP contribution is 2.19. The van der Waals surface area contributed by atoms with Gasteiger partial charge in [0.25, 0.3) is 5.91 Å². The molecule has 0 unspecified atom stereocenters. The predicted molar refractivity (Wildman–Crippen MR) is 103 cm³/mol. The van der Waals surface area contributed by atoms with Crippen molar-refractivity contribution in [3.05, 3.63) is 47.4 Å². The van der Waals surface area contributed by atoms with E-state index in [4.69, 9.17) is 0 Å². The molecule has 142 valence electrons. The molecule has 0 spiro atoms. The van der Waals surface area contributed by atoms with Gasteiger partial charge in [0.15, 0.2) is 0 Å². The number of nitrogens with zero attached hydrogens (tertiary/aromatic N) is 3. The molecule has 1 atom stereocenters. The van der Waals surface area contributed by atoms with Crippen LogP contribution < -0.4 is 16.0 Å². The summed E-state index contributed by atoms with van der Waals surface area (Å²) in [5, 5.41) is 9.00. The quantitative estimate of drug-likeness (QED) is 0.745. The summed E-state index contributed by atoms with van der Waals surface area (Å²) in [6.07, 6.45) is 0. The zero-order valence-electron chi connectivity index (χ0n) is 15.7. The van der Waals surface area contributed by atoms with Crippen LogP contribution in [-0.4, -0.2) is 59.4 Å². The van der Waals surface area contributed by atoms with E-state index in [2.05, 4.69) is 25.9 Å². The van der Waals surface area contributed by atoms with Gasteiger partial charge in [0.1, 0.15) is 17.7 Å². The number of hydrogen-bond donors (Lipinski definition) is 3.